The van der Waals surface area contributed by atoms with Crippen LogP contribution in [0, 0.1) is 17.7 Å². The number of para-hydroxylation sites is 3. The average Bonchev–Trinajstić information content (AvgIpc) is 2.71. The number of carbonyl (C=O) groups excluding carboxylic acids is 2. The third kappa shape index (κ3) is 4.88. The van der Waals surface area contributed by atoms with E-state index in [-0.39, 0.29) is 29.3 Å². The van der Waals surface area contributed by atoms with E-state index < -0.39 is 5.82 Å². The highest BCUT2D eigenvalue weighted by Gasteiger charge is 2.30. The van der Waals surface area contributed by atoms with Crippen LogP contribution in [0.2, 0.25) is 0 Å². The summed E-state index contributed by atoms with van der Waals surface area (Å²) in [6, 6.07) is 13.5. The third-order valence-corrected chi connectivity index (χ3v) is 5.05. The topological polar surface area (TPSA) is 67.4 Å². The van der Waals surface area contributed by atoms with Gasteiger partial charge in [0, 0.05) is 11.8 Å². The lowest BCUT2D eigenvalue weighted by atomic mass is 9.81. The Morgan fingerprint density at radius 1 is 0.893 bits per heavy atom. The molecule has 0 bridgehead atoms. The molecule has 1 aliphatic carbocycles. The van der Waals surface area contributed by atoms with Gasteiger partial charge in [0.25, 0.3) is 0 Å². The second-order valence-corrected chi connectivity index (χ2v) is 6.94. The first-order valence-corrected chi connectivity index (χ1v) is 9.66. The molecule has 28 heavy (non-hydrogen) atoms. The van der Waals surface area contributed by atoms with Gasteiger partial charge in [0.1, 0.15) is 11.6 Å². The standard InChI is InChI=1S/C22H25FN2O3/c1-2-28-20-10-6-5-9-19(20)25-22(27)16-13-11-15(12-14-16)21(26)24-18-8-4-3-7-17(18)23/h3-10,15-16H,2,11-14H2,1H3,(H,24,26)(H,25,27). The van der Waals surface area contributed by atoms with Gasteiger partial charge in [0.2, 0.25) is 11.8 Å². The number of ether oxygens (including phenoxy) is 1. The number of amides is 2. The maximum Gasteiger partial charge on any atom is 0.227 e. The zero-order valence-corrected chi connectivity index (χ0v) is 15.9. The first-order valence-electron chi connectivity index (χ1n) is 9.66. The van der Waals surface area contributed by atoms with Crippen molar-refractivity contribution in [3.63, 3.8) is 0 Å². The molecule has 0 radical (unpaired) electrons. The van der Waals surface area contributed by atoms with E-state index in [2.05, 4.69) is 10.6 Å². The summed E-state index contributed by atoms with van der Waals surface area (Å²) in [7, 11) is 0. The third-order valence-electron chi connectivity index (χ3n) is 5.05. The molecule has 2 aromatic rings. The molecule has 0 spiro atoms. The first-order chi connectivity index (χ1) is 13.6. The minimum Gasteiger partial charge on any atom is -0.492 e. The van der Waals surface area contributed by atoms with E-state index in [4.69, 9.17) is 4.74 Å². The number of anilines is 2. The number of nitrogens with one attached hydrogen (secondary N) is 2. The molecule has 3 rings (SSSR count). The van der Waals surface area contributed by atoms with Crippen molar-refractivity contribution in [2.45, 2.75) is 32.6 Å². The van der Waals surface area contributed by atoms with E-state index in [9.17, 15) is 14.0 Å². The van der Waals surface area contributed by atoms with Crippen molar-refractivity contribution in [1.29, 1.82) is 0 Å². The van der Waals surface area contributed by atoms with Crippen molar-refractivity contribution in [3.05, 3.63) is 54.3 Å². The van der Waals surface area contributed by atoms with Crippen LogP contribution in [0.1, 0.15) is 32.6 Å². The Labute approximate surface area is 164 Å². The molecule has 0 aliphatic heterocycles. The number of rotatable bonds is 6. The summed E-state index contributed by atoms with van der Waals surface area (Å²) in [6.45, 7) is 2.42. The summed E-state index contributed by atoms with van der Waals surface area (Å²) in [6.07, 6.45) is 2.45. The Morgan fingerprint density at radius 2 is 1.39 bits per heavy atom. The van der Waals surface area contributed by atoms with E-state index >= 15 is 0 Å². The molecular weight excluding hydrogens is 359 g/mol. The predicted molar refractivity (Wildman–Crippen MR) is 107 cm³/mol. The van der Waals surface area contributed by atoms with Crippen molar-refractivity contribution in [1.82, 2.24) is 0 Å². The molecule has 2 N–H and O–H groups in total. The number of hydrogen-bond donors (Lipinski definition) is 2. The molecule has 2 aromatic carbocycles. The van der Waals surface area contributed by atoms with Gasteiger partial charge in [-0.25, -0.2) is 4.39 Å². The van der Waals surface area contributed by atoms with E-state index in [1.54, 1.807) is 18.2 Å². The molecule has 0 heterocycles. The molecule has 0 atom stereocenters. The van der Waals surface area contributed by atoms with Crippen molar-refractivity contribution >= 4 is 23.2 Å². The Hall–Kier alpha value is -2.89. The molecule has 1 aliphatic rings. The van der Waals surface area contributed by atoms with E-state index in [1.807, 2.05) is 31.2 Å². The second kappa shape index (κ2) is 9.35. The molecule has 0 aromatic heterocycles. The van der Waals surface area contributed by atoms with Gasteiger partial charge in [0.15, 0.2) is 0 Å². The fraction of sp³-hybridized carbons (Fsp3) is 0.364. The lowest BCUT2D eigenvalue weighted by Gasteiger charge is -2.27. The highest BCUT2D eigenvalue weighted by Crippen LogP contribution is 2.32. The van der Waals surface area contributed by atoms with Crippen LogP contribution in [0.4, 0.5) is 15.8 Å². The minimum absolute atomic E-state index is 0.0554. The lowest BCUT2D eigenvalue weighted by molar-refractivity contribution is -0.125. The van der Waals surface area contributed by atoms with Crippen molar-refractivity contribution < 1.29 is 18.7 Å². The Morgan fingerprint density at radius 3 is 1.96 bits per heavy atom. The van der Waals surface area contributed by atoms with Crippen molar-refractivity contribution in [3.8, 4) is 5.75 Å². The van der Waals surface area contributed by atoms with Crippen LogP contribution in [-0.4, -0.2) is 18.4 Å². The second-order valence-electron chi connectivity index (χ2n) is 6.94. The summed E-state index contributed by atoms with van der Waals surface area (Å²) in [4.78, 5) is 25.0. The molecule has 0 saturated heterocycles. The van der Waals surface area contributed by atoms with E-state index in [1.165, 1.54) is 6.07 Å². The molecule has 1 saturated carbocycles. The quantitative estimate of drug-likeness (QED) is 0.764. The predicted octanol–water partition coefficient (Wildman–Crippen LogP) is 4.61. The van der Waals surface area contributed by atoms with Gasteiger partial charge in [-0.3, -0.25) is 9.59 Å². The molecule has 5 nitrogen and oxygen atoms in total. The SMILES string of the molecule is CCOc1ccccc1NC(=O)C1CCC(C(=O)Nc2ccccc2F)CC1. The first kappa shape index (κ1) is 19.9. The molecule has 2 amide bonds. The average molecular weight is 384 g/mol. The lowest BCUT2D eigenvalue weighted by Crippen LogP contribution is -2.32. The smallest absolute Gasteiger partial charge is 0.227 e. The summed E-state index contributed by atoms with van der Waals surface area (Å²) < 4.78 is 19.2. The van der Waals surface area contributed by atoms with Crippen LogP contribution in [-0.2, 0) is 9.59 Å². The Balaban J connectivity index is 1.53. The summed E-state index contributed by atoms with van der Waals surface area (Å²) in [5.41, 5.74) is 0.855. The van der Waals surface area contributed by atoms with Crippen molar-refractivity contribution in [2.75, 3.05) is 17.2 Å². The van der Waals surface area contributed by atoms with Crippen LogP contribution in [0.25, 0.3) is 0 Å². The molecule has 148 valence electrons. The van der Waals surface area contributed by atoms with E-state index in [0.717, 1.165) is 0 Å². The normalized spacial score (nSPS) is 18.9. The fourth-order valence-corrected chi connectivity index (χ4v) is 3.50. The summed E-state index contributed by atoms with van der Waals surface area (Å²) in [5.74, 6) is -0.398. The number of benzene rings is 2. The van der Waals surface area contributed by atoms with Gasteiger partial charge in [-0.05, 0) is 56.9 Å². The zero-order valence-electron chi connectivity index (χ0n) is 15.9. The highest BCUT2D eigenvalue weighted by atomic mass is 19.1. The van der Waals surface area contributed by atoms with Crippen LogP contribution in [0.15, 0.2) is 48.5 Å². The fourth-order valence-electron chi connectivity index (χ4n) is 3.50. The molecule has 1 fully saturated rings. The van der Waals surface area contributed by atoms with Crippen molar-refractivity contribution in [2.24, 2.45) is 11.8 Å². The van der Waals surface area contributed by atoms with Crippen LogP contribution >= 0.6 is 0 Å². The molecular formula is C22H25FN2O3. The Bertz CT molecular complexity index is 832. The highest BCUT2D eigenvalue weighted by molar-refractivity contribution is 5.95. The van der Waals surface area contributed by atoms with Gasteiger partial charge in [-0.1, -0.05) is 24.3 Å². The van der Waals surface area contributed by atoms with Gasteiger partial charge in [0.05, 0.1) is 18.0 Å². The maximum atomic E-state index is 13.7. The van der Waals surface area contributed by atoms with Gasteiger partial charge in [-0.2, -0.15) is 0 Å². The van der Waals surface area contributed by atoms with E-state index in [0.29, 0.717) is 43.7 Å². The van der Waals surface area contributed by atoms with Crippen LogP contribution in [0.5, 0.6) is 5.75 Å². The molecule has 0 unspecified atom stereocenters. The molecule has 6 heteroatoms. The maximum absolute atomic E-state index is 13.7. The number of hydrogen-bond acceptors (Lipinski definition) is 3. The number of carbonyl (C=O) groups is 2. The van der Waals surface area contributed by atoms with Gasteiger partial charge >= 0.3 is 0 Å². The Kier molecular flexibility index (Phi) is 6.63. The number of halogens is 1. The summed E-state index contributed by atoms with van der Waals surface area (Å²) >= 11 is 0. The van der Waals surface area contributed by atoms with Crippen LogP contribution in [0.3, 0.4) is 0 Å². The zero-order chi connectivity index (χ0) is 19.9. The monoisotopic (exact) mass is 384 g/mol. The van der Waals surface area contributed by atoms with Gasteiger partial charge in [-0.15, -0.1) is 0 Å². The van der Waals surface area contributed by atoms with Gasteiger partial charge < -0.3 is 15.4 Å². The summed E-state index contributed by atoms with van der Waals surface area (Å²) in [5, 5.41) is 5.60. The van der Waals surface area contributed by atoms with Crippen LogP contribution < -0.4 is 15.4 Å². The minimum atomic E-state index is -0.447. The largest absolute Gasteiger partial charge is 0.492 e.